The number of aliphatic imine (C=N–C) groups is 1. The van der Waals surface area contributed by atoms with Crippen molar-refractivity contribution in [3.63, 3.8) is 0 Å². The standard InChI is InChI=1S/C31H45ClN8OS2/c1-40(20-15-27(28-10-6-8-16-35-28)24-11-13-25(32)14-12-24)19-9-5-3-2-4-7-17-36-30(41)37-18-21-42-22-26-23-43-31(38-26)39-29(33)34/h6,8,10-14,16,23,27H,2-5,7,9,15,17-22H2,1H3,(H2,36,37,41)(H4,33,34,38,39). The number of nitrogens with two attached hydrogens (primary N) is 2. The van der Waals surface area contributed by atoms with E-state index < -0.39 is 0 Å². The lowest BCUT2D eigenvalue weighted by Gasteiger charge is -2.22. The monoisotopic (exact) mass is 644 g/mol. The normalized spacial score (nSPS) is 11.8. The maximum Gasteiger partial charge on any atom is 0.314 e. The second-order valence-corrected chi connectivity index (χ2v) is 12.8. The Morgan fingerprint density at radius 1 is 1.02 bits per heavy atom. The van der Waals surface area contributed by atoms with Gasteiger partial charge in [-0.1, -0.05) is 55.5 Å². The van der Waals surface area contributed by atoms with Gasteiger partial charge >= 0.3 is 6.03 Å². The van der Waals surface area contributed by atoms with E-state index >= 15 is 0 Å². The highest BCUT2D eigenvalue weighted by molar-refractivity contribution is 7.98. The Hall–Kier alpha value is -2.86. The SMILES string of the molecule is CN(CCCCCCCCNC(=O)NCCSCc1csc(N=C(N)N)n1)CCC(c1ccc(Cl)cc1)c1ccccn1. The lowest BCUT2D eigenvalue weighted by Crippen LogP contribution is -2.37. The quantitative estimate of drug-likeness (QED) is 0.0661. The van der Waals surface area contributed by atoms with Crippen LogP contribution in [0.4, 0.5) is 9.93 Å². The van der Waals surface area contributed by atoms with Crippen molar-refractivity contribution < 1.29 is 4.79 Å². The zero-order valence-corrected chi connectivity index (χ0v) is 27.4. The molecule has 3 rings (SSSR count). The Kier molecular flexibility index (Phi) is 16.2. The van der Waals surface area contributed by atoms with Crippen LogP contribution in [0.1, 0.15) is 67.8 Å². The third-order valence-corrected chi connectivity index (χ3v) is 8.94. The number of nitrogens with one attached hydrogen (secondary N) is 2. The van der Waals surface area contributed by atoms with Gasteiger partial charge in [-0.15, -0.1) is 11.3 Å². The minimum absolute atomic E-state index is 0.0107. The minimum atomic E-state index is -0.103. The molecule has 234 valence electrons. The molecule has 2 heterocycles. The second kappa shape index (κ2) is 20.2. The van der Waals surface area contributed by atoms with Crippen molar-refractivity contribution in [3.8, 4) is 0 Å². The number of unbranched alkanes of at least 4 members (excludes halogenated alkanes) is 5. The molecular formula is C31H45ClN8OS2. The third-order valence-electron chi connectivity index (χ3n) is 6.92. The minimum Gasteiger partial charge on any atom is -0.370 e. The fraction of sp³-hybridized carbons (Fsp3) is 0.484. The number of halogens is 1. The Labute approximate surface area is 269 Å². The van der Waals surface area contributed by atoms with Crippen molar-refractivity contribution in [2.75, 3.05) is 39.0 Å². The van der Waals surface area contributed by atoms with E-state index in [1.54, 1.807) is 11.8 Å². The Balaban J connectivity index is 1.16. The average molecular weight is 645 g/mol. The van der Waals surface area contributed by atoms with Gasteiger partial charge in [0.1, 0.15) is 0 Å². The fourth-order valence-corrected chi connectivity index (χ4v) is 6.32. The zero-order chi connectivity index (χ0) is 30.7. The van der Waals surface area contributed by atoms with Gasteiger partial charge in [0.15, 0.2) is 5.96 Å². The smallest absolute Gasteiger partial charge is 0.314 e. The van der Waals surface area contributed by atoms with Crippen LogP contribution in [-0.4, -0.2) is 65.8 Å². The number of urea groups is 1. The topological polar surface area (TPSA) is 135 Å². The van der Waals surface area contributed by atoms with E-state index in [2.05, 4.69) is 61.8 Å². The van der Waals surface area contributed by atoms with Gasteiger partial charge in [0.05, 0.1) is 5.69 Å². The van der Waals surface area contributed by atoms with Gasteiger partial charge in [-0.2, -0.15) is 16.8 Å². The molecule has 0 bridgehead atoms. The first-order valence-electron chi connectivity index (χ1n) is 14.9. The predicted molar refractivity (Wildman–Crippen MR) is 182 cm³/mol. The number of thioether (sulfide) groups is 1. The summed E-state index contributed by atoms with van der Waals surface area (Å²) in [7, 11) is 2.21. The summed E-state index contributed by atoms with van der Waals surface area (Å²) >= 11 is 9.23. The number of nitrogens with zero attached hydrogens (tertiary/aromatic N) is 4. The number of pyridine rings is 1. The molecule has 0 radical (unpaired) electrons. The number of carbonyl (C=O) groups is 1. The lowest BCUT2D eigenvalue weighted by atomic mass is 9.92. The van der Waals surface area contributed by atoms with E-state index in [1.165, 1.54) is 42.6 Å². The summed E-state index contributed by atoms with van der Waals surface area (Å²) in [5.74, 6) is 1.84. The molecule has 1 unspecified atom stereocenters. The molecule has 0 aliphatic carbocycles. The van der Waals surface area contributed by atoms with Crippen molar-refractivity contribution in [2.24, 2.45) is 16.5 Å². The third kappa shape index (κ3) is 14.4. The summed E-state index contributed by atoms with van der Waals surface area (Å²) in [6, 6.07) is 14.2. The highest BCUT2D eigenvalue weighted by Crippen LogP contribution is 2.28. The van der Waals surface area contributed by atoms with E-state index in [-0.39, 0.29) is 17.9 Å². The van der Waals surface area contributed by atoms with E-state index in [0.29, 0.717) is 18.2 Å². The number of carbonyl (C=O) groups excluding carboxylic acids is 1. The fourth-order valence-electron chi connectivity index (χ4n) is 4.64. The van der Waals surface area contributed by atoms with Crippen LogP contribution in [0.15, 0.2) is 59.0 Å². The average Bonchev–Trinajstić information content (AvgIpc) is 3.44. The number of aromatic nitrogens is 2. The Bertz CT molecular complexity index is 1220. The number of guanidine groups is 1. The van der Waals surface area contributed by atoms with Crippen LogP contribution in [0.3, 0.4) is 0 Å². The lowest BCUT2D eigenvalue weighted by molar-refractivity contribution is 0.241. The van der Waals surface area contributed by atoms with Crippen LogP contribution in [0, 0.1) is 0 Å². The molecule has 9 nitrogen and oxygen atoms in total. The molecule has 0 fully saturated rings. The van der Waals surface area contributed by atoms with Gasteiger partial charge in [0.25, 0.3) is 0 Å². The molecule has 0 aliphatic rings. The molecule has 0 spiro atoms. The van der Waals surface area contributed by atoms with Gasteiger partial charge in [0.2, 0.25) is 5.13 Å². The Morgan fingerprint density at radius 3 is 2.51 bits per heavy atom. The summed E-state index contributed by atoms with van der Waals surface area (Å²) in [5.41, 5.74) is 14.0. The maximum atomic E-state index is 12.0. The molecule has 6 N–H and O–H groups in total. The van der Waals surface area contributed by atoms with Crippen molar-refractivity contribution in [2.45, 2.75) is 56.6 Å². The molecule has 1 aromatic carbocycles. The summed E-state index contributed by atoms with van der Waals surface area (Å²) in [6.07, 6.45) is 9.88. The molecule has 43 heavy (non-hydrogen) atoms. The van der Waals surface area contributed by atoms with Crippen LogP contribution in [0.5, 0.6) is 0 Å². The molecular weight excluding hydrogens is 600 g/mol. The molecule has 2 aromatic heterocycles. The molecule has 2 amide bonds. The summed E-state index contributed by atoms with van der Waals surface area (Å²) in [4.78, 5) is 27.3. The molecule has 12 heteroatoms. The van der Waals surface area contributed by atoms with Gasteiger partial charge in [0, 0.05) is 52.8 Å². The number of hydrogen-bond donors (Lipinski definition) is 4. The first-order chi connectivity index (χ1) is 20.9. The van der Waals surface area contributed by atoms with Crippen LogP contribution < -0.4 is 22.1 Å². The van der Waals surface area contributed by atoms with Crippen LogP contribution in [0.2, 0.25) is 5.02 Å². The number of thiazole rings is 1. The van der Waals surface area contributed by atoms with Gasteiger partial charge < -0.3 is 27.0 Å². The molecule has 0 saturated heterocycles. The first-order valence-corrected chi connectivity index (χ1v) is 17.3. The maximum absolute atomic E-state index is 12.0. The Morgan fingerprint density at radius 2 is 1.77 bits per heavy atom. The predicted octanol–water partition coefficient (Wildman–Crippen LogP) is 6.12. The second-order valence-electron chi connectivity index (χ2n) is 10.5. The number of rotatable bonds is 20. The van der Waals surface area contributed by atoms with Crippen LogP contribution >= 0.6 is 34.7 Å². The van der Waals surface area contributed by atoms with Crippen molar-refractivity contribution >= 4 is 51.8 Å². The highest BCUT2D eigenvalue weighted by atomic mass is 35.5. The highest BCUT2D eigenvalue weighted by Gasteiger charge is 2.16. The molecule has 3 aromatic rings. The number of benzene rings is 1. The summed E-state index contributed by atoms with van der Waals surface area (Å²) < 4.78 is 0. The molecule has 1 atom stereocenters. The summed E-state index contributed by atoms with van der Waals surface area (Å²) in [5, 5.41) is 9.13. The van der Waals surface area contributed by atoms with Crippen LogP contribution in [0.25, 0.3) is 0 Å². The van der Waals surface area contributed by atoms with Crippen molar-refractivity contribution in [3.05, 3.63) is 76.0 Å². The van der Waals surface area contributed by atoms with Gasteiger partial charge in [-0.05, 0) is 69.2 Å². The number of hydrogen-bond acceptors (Lipinski definition) is 7. The first kappa shape index (κ1) is 34.6. The van der Waals surface area contributed by atoms with E-state index in [4.69, 9.17) is 23.1 Å². The van der Waals surface area contributed by atoms with Gasteiger partial charge in [-0.25, -0.2) is 9.78 Å². The van der Waals surface area contributed by atoms with E-state index in [9.17, 15) is 4.79 Å². The zero-order valence-electron chi connectivity index (χ0n) is 25.0. The van der Waals surface area contributed by atoms with Crippen molar-refractivity contribution in [1.29, 1.82) is 0 Å². The molecule has 0 aliphatic heterocycles. The van der Waals surface area contributed by atoms with Gasteiger partial charge in [-0.3, -0.25) is 4.98 Å². The van der Waals surface area contributed by atoms with E-state index in [0.717, 1.165) is 60.3 Å². The summed E-state index contributed by atoms with van der Waals surface area (Å²) in [6.45, 7) is 3.43. The van der Waals surface area contributed by atoms with E-state index in [1.807, 2.05) is 29.8 Å². The largest absolute Gasteiger partial charge is 0.370 e. The van der Waals surface area contributed by atoms with Crippen molar-refractivity contribution in [1.82, 2.24) is 25.5 Å². The van der Waals surface area contributed by atoms with Crippen LogP contribution in [-0.2, 0) is 5.75 Å². The molecule has 0 saturated carbocycles. The number of amides is 2.